The Hall–Kier alpha value is -2.62. The third-order valence-corrected chi connectivity index (χ3v) is 4.55. The van der Waals surface area contributed by atoms with E-state index in [1.54, 1.807) is 6.33 Å². The Balaban J connectivity index is 1.51. The number of benzene rings is 2. The molecule has 1 atom stereocenters. The molecular formula is C19H19N3O. The van der Waals surface area contributed by atoms with E-state index < -0.39 is 0 Å². The number of carbonyl (C=O) groups is 1. The normalized spacial score (nSPS) is 17.0. The minimum atomic E-state index is 0.0369. The fraction of sp³-hybridized carbons (Fsp3) is 0.263. The van der Waals surface area contributed by atoms with E-state index in [1.165, 1.54) is 11.1 Å². The summed E-state index contributed by atoms with van der Waals surface area (Å²) >= 11 is 0. The van der Waals surface area contributed by atoms with Crippen molar-refractivity contribution < 1.29 is 4.79 Å². The fourth-order valence-corrected chi connectivity index (χ4v) is 3.43. The first-order valence-electron chi connectivity index (χ1n) is 8.08. The molecule has 0 spiro atoms. The molecule has 1 aliphatic carbocycles. The van der Waals surface area contributed by atoms with Crippen molar-refractivity contribution >= 4 is 16.9 Å². The van der Waals surface area contributed by atoms with Gasteiger partial charge in [0.05, 0.1) is 23.4 Å². The van der Waals surface area contributed by atoms with E-state index in [0.717, 1.165) is 30.3 Å². The highest BCUT2D eigenvalue weighted by Gasteiger charge is 2.21. The molecule has 4 heteroatoms. The van der Waals surface area contributed by atoms with Crippen molar-refractivity contribution in [2.75, 3.05) is 0 Å². The van der Waals surface area contributed by atoms with Crippen LogP contribution in [0, 0.1) is 0 Å². The van der Waals surface area contributed by atoms with Gasteiger partial charge in [0.15, 0.2) is 0 Å². The molecule has 1 heterocycles. The van der Waals surface area contributed by atoms with Crippen molar-refractivity contribution in [3.8, 4) is 0 Å². The molecule has 4 rings (SSSR count). The minimum Gasteiger partial charge on any atom is -0.348 e. The topological polar surface area (TPSA) is 46.9 Å². The van der Waals surface area contributed by atoms with Gasteiger partial charge in [-0.3, -0.25) is 4.79 Å². The maximum atomic E-state index is 12.5. The van der Waals surface area contributed by atoms with Crippen LogP contribution in [0.5, 0.6) is 0 Å². The molecular weight excluding hydrogens is 286 g/mol. The number of para-hydroxylation sites is 2. The first-order chi connectivity index (χ1) is 11.3. The summed E-state index contributed by atoms with van der Waals surface area (Å²) in [5, 5.41) is 3.19. The lowest BCUT2D eigenvalue weighted by atomic mass is 9.88. The van der Waals surface area contributed by atoms with Crippen LogP contribution < -0.4 is 5.32 Å². The molecule has 2 aromatic carbocycles. The van der Waals surface area contributed by atoms with Crippen LogP contribution in [-0.2, 0) is 17.8 Å². The Labute approximate surface area is 135 Å². The van der Waals surface area contributed by atoms with Gasteiger partial charge >= 0.3 is 0 Å². The standard InChI is InChI=1S/C19H19N3O/c23-19(12-22-13-20-17-9-3-4-11-18(17)22)21-16-10-5-7-14-6-1-2-8-15(14)16/h1-4,6,8-9,11,13,16H,5,7,10,12H2,(H,21,23)/t16-/m0/s1. The van der Waals surface area contributed by atoms with Crippen LogP contribution in [0.15, 0.2) is 54.9 Å². The zero-order chi connectivity index (χ0) is 15.6. The van der Waals surface area contributed by atoms with Crippen molar-refractivity contribution in [2.45, 2.75) is 31.8 Å². The first kappa shape index (κ1) is 14.0. The number of nitrogens with zero attached hydrogens (tertiary/aromatic N) is 2. The largest absolute Gasteiger partial charge is 0.348 e. The van der Waals surface area contributed by atoms with Crippen molar-refractivity contribution in [2.24, 2.45) is 0 Å². The number of carbonyl (C=O) groups excluding carboxylic acids is 1. The van der Waals surface area contributed by atoms with Crippen molar-refractivity contribution in [1.29, 1.82) is 0 Å². The molecule has 0 fully saturated rings. The van der Waals surface area contributed by atoms with E-state index in [1.807, 2.05) is 34.9 Å². The van der Waals surface area contributed by atoms with Crippen LogP contribution in [-0.4, -0.2) is 15.5 Å². The Morgan fingerprint density at radius 1 is 1.17 bits per heavy atom. The summed E-state index contributed by atoms with van der Waals surface area (Å²) in [4.78, 5) is 16.8. The Bertz CT molecular complexity index is 852. The van der Waals surface area contributed by atoms with Gasteiger partial charge in [0, 0.05) is 0 Å². The van der Waals surface area contributed by atoms with Crippen LogP contribution in [0.1, 0.15) is 30.0 Å². The molecule has 1 aliphatic rings. The lowest BCUT2D eigenvalue weighted by Gasteiger charge is -2.26. The summed E-state index contributed by atoms with van der Waals surface area (Å²) in [5.74, 6) is 0.0369. The number of imidazole rings is 1. The summed E-state index contributed by atoms with van der Waals surface area (Å²) in [6.45, 7) is 0.305. The van der Waals surface area contributed by atoms with Crippen LogP contribution in [0.4, 0.5) is 0 Å². The molecule has 1 aromatic heterocycles. The zero-order valence-corrected chi connectivity index (χ0v) is 12.9. The van der Waals surface area contributed by atoms with Gasteiger partial charge in [-0.25, -0.2) is 4.98 Å². The molecule has 0 unspecified atom stereocenters. The minimum absolute atomic E-state index is 0.0369. The Morgan fingerprint density at radius 2 is 2.00 bits per heavy atom. The summed E-state index contributed by atoms with van der Waals surface area (Å²) in [6, 6.07) is 16.4. The van der Waals surface area contributed by atoms with Crippen LogP contribution >= 0.6 is 0 Å². The molecule has 1 amide bonds. The second-order valence-corrected chi connectivity index (χ2v) is 6.07. The molecule has 0 aliphatic heterocycles. The third-order valence-electron chi connectivity index (χ3n) is 4.55. The van der Waals surface area contributed by atoms with Gasteiger partial charge < -0.3 is 9.88 Å². The number of nitrogens with one attached hydrogen (secondary N) is 1. The highest BCUT2D eigenvalue weighted by molar-refractivity contribution is 5.80. The van der Waals surface area contributed by atoms with E-state index in [4.69, 9.17) is 0 Å². The molecule has 0 radical (unpaired) electrons. The van der Waals surface area contributed by atoms with Gasteiger partial charge in [0.2, 0.25) is 5.91 Å². The molecule has 116 valence electrons. The van der Waals surface area contributed by atoms with Crippen LogP contribution in [0.25, 0.3) is 11.0 Å². The fourth-order valence-electron chi connectivity index (χ4n) is 3.43. The SMILES string of the molecule is O=C(Cn1cnc2ccccc21)N[C@H]1CCCc2ccccc21. The molecule has 0 saturated heterocycles. The predicted octanol–water partition coefficient (Wildman–Crippen LogP) is 3.23. The number of fused-ring (bicyclic) bond motifs is 2. The quantitative estimate of drug-likeness (QED) is 0.807. The average Bonchev–Trinajstić information content (AvgIpc) is 2.98. The number of hydrogen-bond donors (Lipinski definition) is 1. The maximum Gasteiger partial charge on any atom is 0.240 e. The zero-order valence-electron chi connectivity index (χ0n) is 12.9. The monoisotopic (exact) mass is 305 g/mol. The van der Waals surface area contributed by atoms with Gasteiger partial charge in [-0.15, -0.1) is 0 Å². The number of aryl methyl sites for hydroxylation is 1. The second kappa shape index (κ2) is 5.88. The van der Waals surface area contributed by atoms with E-state index in [2.05, 4.69) is 28.5 Å². The van der Waals surface area contributed by atoms with Crippen molar-refractivity contribution in [3.63, 3.8) is 0 Å². The summed E-state index contributed by atoms with van der Waals surface area (Å²) < 4.78 is 1.90. The molecule has 23 heavy (non-hydrogen) atoms. The summed E-state index contributed by atoms with van der Waals surface area (Å²) in [6.07, 6.45) is 4.97. The number of aromatic nitrogens is 2. The van der Waals surface area contributed by atoms with Gasteiger partial charge in [0.25, 0.3) is 0 Å². The second-order valence-electron chi connectivity index (χ2n) is 6.07. The maximum absolute atomic E-state index is 12.5. The molecule has 4 nitrogen and oxygen atoms in total. The number of amides is 1. The lowest BCUT2D eigenvalue weighted by Crippen LogP contribution is -2.33. The summed E-state index contributed by atoms with van der Waals surface area (Å²) in [5.41, 5.74) is 4.54. The van der Waals surface area contributed by atoms with Gasteiger partial charge in [-0.2, -0.15) is 0 Å². The van der Waals surface area contributed by atoms with E-state index in [0.29, 0.717) is 6.54 Å². The molecule has 1 N–H and O–H groups in total. The van der Waals surface area contributed by atoms with Crippen molar-refractivity contribution in [1.82, 2.24) is 14.9 Å². The third kappa shape index (κ3) is 2.72. The highest BCUT2D eigenvalue weighted by atomic mass is 16.2. The Morgan fingerprint density at radius 3 is 2.96 bits per heavy atom. The van der Waals surface area contributed by atoms with Gasteiger partial charge in [-0.05, 0) is 42.5 Å². The Kier molecular flexibility index (Phi) is 3.58. The smallest absolute Gasteiger partial charge is 0.240 e. The predicted molar refractivity (Wildman–Crippen MR) is 90.0 cm³/mol. The average molecular weight is 305 g/mol. The van der Waals surface area contributed by atoms with E-state index in [9.17, 15) is 4.79 Å². The van der Waals surface area contributed by atoms with E-state index in [-0.39, 0.29) is 11.9 Å². The molecule has 0 saturated carbocycles. The molecule has 3 aromatic rings. The van der Waals surface area contributed by atoms with Gasteiger partial charge in [-0.1, -0.05) is 36.4 Å². The van der Waals surface area contributed by atoms with Crippen molar-refractivity contribution in [3.05, 3.63) is 66.0 Å². The lowest BCUT2D eigenvalue weighted by molar-refractivity contribution is -0.122. The van der Waals surface area contributed by atoms with Gasteiger partial charge in [0.1, 0.15) is 6.54 Å². The first-order valence-corrected chi connectivity index (χ1v) is 8.08. The summed E-state index contributed by atoms with van der Waals surface area (Å²) in [7, 11) is 0. The molecule has 0 bridgehead atoms. The van der Waals surface area contributed by atoms with E-state index >= 15 is 0 Å². The van der Waals surface area contributed by atoms with Crippen LogP contribution in [0.2, 0.25) is 0 Å². The van der Waals surface area contributed by atoms with Crippen LogP contribution in [0.3, 0.4) is 0 Å². The number of hydrogen-bond acceptors (Lipinski definition) is 2. The number of rotatable bonds is 3. The highest BCUT2D eigenvalue weighted by Crippen LogP contribution is 2.29.